The quantitative estimate of drug-likeness (QED) is 0.349. The molecule has 29 heavy (non-hydrogen) atoms. The van der Waals surface area contributed by atoms with Crippen molar-refractivity contribution in [3.05, 3.63) is 36.4 Å². The molecule has 2 aromatic carbocycles. The first kappa shape index (κ1) is 24.2. The predicted molar refractivity (Wildman–Crippen MR) is 110 cm³/mol. The Labute approximate surface area is 192 Å². The minimum absolute atomic E-state index is 0. The predicted octanol–water partition coefficient (Wildman–Crippen LogP) is 2.62. The van der Waals surface area contributed by atoms with E-state index in [0.717, 1.165) is 9.79 Å². The summed E-state index contributed by atoms with van der Waals surface area (Å²) >= 11 is -1.15. The van der Waals surface area contributed by atoms with Crippen molar-refractivity contribution in [1.29, 1.82) is 0 Å². The van der Waals surface area contributed by atoms with Crippen LogP contribution in [-0.2, 0) is 51.2 Å². The van der Waals surface area contributed by atoms with E-state index in [4.69, 9.17) is 9.11 Å². The van der Waals surface area contributed by atoms with Gasteiger partial charge in [0.25, 0.3) is 0 Å². The van der Waals surface area contributed by atoms with Gasteiger partial charge in [-0.2, -0.15) is 0 Å². The Morgan fingerprint density at radius 2 is 1.14 bits per heavy atom. The van der Waals surface area contributed by atoms with Gasteiger partial charge < -0.3 is 19.7 Å². The van der Waals surface area contributed by atoms with Crippen molar-refractivity contribution in [3.8, 4) is 0 Å². The molecule has 150 valence electrons. The van der Waals surface area contributed by atoms with Crippen LogP contribution in [0, 0.1) is 0 Å². The van der Waals surface area contributed by atoms with E-state index in [-0.39, 0.29) is 31.3 Å². The van der Waals surface area contributed by atoms with Gasteiger partial charge in [0.05, 0.1) is 32.7 Å². The molecule has 2 amide bonds. The van der Waals surface area contributed by atoms with Crippen molar-refractivity contribution < 1.29 is 46.6 Å². The Morgan fingerprint density at radius 3 is 1.48 bits per heavy atom. The van der Waals surface area contributed by atoms with Crippen molar-refractivity contribution in [2.75, 3.05) is 22.1 Å². The number of anilines is 2. The third kappa shape index (κ3) is 6.45. The third-order valence-electron chi connectivity index (χ3n) is 3.57. The number of rotatable bonds is 2. The Kier molecular flexibility index (Phi) is 9.01. The second kappa shape index (κ2) is 10.8. The summed E-state index contributed by atoms with van der Waals surface area (Å²) in [7, 11) is 0. The molecule has 4 N–H and O–H groups in total. The molecule has 13 heteroatoms. The maximum atomic E-state index is 11.0. The number of benzene rings is 2. The van der Waals surface area contributed by atoms with Crippen LogP contribution < -0.4 is 10.6 Å². The summed E-state index contributed by atoms with van der Waals surface area (Å²) in [5.41, 5.74) is 1.23. The zero-order valence-corrected chi connectivity index (χ0v) is 21.0. The van der Waals surface area contributed by atoms with Crippen LogP contribution in [0.4, 0.5) is 11.4 Å². The van der Waals surface area contributed by atoms with Crippen LogP contribution in [-0.4, -0.2) is 40.8 Å². The van der Waals surface area contributed by atoms with Crippen LogP contribution in [0.15, 0.2) is 56.0 Å². The second-order valence-electron chi connectivity index (χ2n) is 5.49. The largest absolute Gasteiger partial charge is 0.324 e. The molecule has 0 spiro atoms. The van der Waals surface area contributed by atoms with E-state index in [1.165, 1.54) is 35.7 Å². The molecule has 2 atom stereocenters. The first-order chi connectivity index (χ1) is 13.3. The molecule has 2 heterocycles. The van der Waals surface area contributed by atoms with Crippen molar-refractivity contribution in [3.63, 3.8) is 0 Å². The van der Waals surface area contributed by atoms with Crippen LogP contribution in [0.5, 0.6) is 0 Å². The fraction of sp³-hybridized carbons (Fsp3) is 0.125. The topological polar surface area (TPSA) is 133 Å². The van der Waals surface area contributed by atoms with Crippen molar-refractivity contribution in [2.45, 2.75) is 19.6 Å². The third-order valence-corrected chi connectivity index (χ3v) is 7.03. The summed E-state index contributed by atoms with van der Waals surface area (Å²) in [6.07, 6.45) is 0. The van der Waals surface area contributed by atoms with E-state index in [9.17, 15) is 18.0 Å². The van der Waals surface area contributed by atoms with E-state index < -0.39 is 22.2 Å². The van der Waals surface area contributed by atoms with Gasteiger partial charge in [-0.05, 0) is 36.4 Å². The van der Waals surface area contributed by atoms with Gasteiger partial charge in [0.1, 0.15) is 0 Å². The molecular formula is C16H14N2O6S4Zn. The minimum atomic E-state index is -2.00. The summed E-state index contributed by atoms with van der Waals surface area (Å²) in [4.78, 5) is 24.5. The fourth-order valence-corrected chi connectivity index (χ4v) is 4.72. The molecule has 4 rings (SSSR count). The zero-order chi connectivity index (χ0) is 20.3. The molecule has 2 unspecified atom stereocenters. The number of nitrogens with one attached hydrogen (secondary N) is 2. The minimum Gasteiger partial charge on any atom is -0.324 e. The molecule has 0 aliphatic carbocycles. The molecule has 0 bridgehead atoms. The number of amides is 2. The number of thioether (sulfide) groups is 2. The summed E-state index contributed by atoms with van der Waals surface area (Å²) in [5, 5.41) is 5.30. The van der Waals surface area contributed by atoms with Gasteiger partial charge >= 0.3 is 0 Å². The maximum absolute atomic E-state index is 11.0. The number of hydrogen-bond acceptors (Lipinski definition) is 6. The Hall–Kier alpha value is -1.08. The monoisotopic (exact) mass is 522 g/mol. The van der Waals surface area contributed by atoms with Gasteiger partial charge in [0.15, 0.2) is 22.2 Å². The molecule has 2 aromatic rings. The average Bonchev–Trinajstić information content (AvgIpc) is 2.67. The van der Waals surface area contributed by atoms with Crippen LogP contribution in [0.25, 0.3) is 0 Å². The first-order valence-corrected chi connectivity index (χ1v) is 11.9. The molecule has 0 fully saturated rings. The molecule has 0 saturated carbocycles. The first-order valence-electron chi connectivity index (χ1n) is 7.68. The average molecular weight is 524 g/mol. The molecular weight excluding hydrogens is 510 g/mol. The molecule has 0 radical (unpaired) electrons. The van der Waals surface area contributed by atoms with Crippen molar-refractivity contribution in [1.82, 2.24) is 0 Å². The van der Waals surface area contributed by atoms with Crippen molar-refractivity contribution in [2.24, 2.45) is 0 Å². The Morgan fingerprint density at radius 1 is 0.759 bits per heavy atom. The number of hydrogen-bond donors (Lipinski definition) is 4. The standard InChI is InChI=1S/2C8H7NO3S2.Zn/c2*10-8-4-13-7-2-1-5(14(11)12)3-6(7)9-8;/h2*1-3H,4H2,(H,9,10)(H,11,12);. The van der Waals surface area contributed by atoms with Crippen LogP contribution in [0.3, 0.4) is 0 Å². The second-order valence-corrected chi connectivity index (χ2v) is 9.46. The molecule has 8 nitrogen and oxygen atoms in total. The van der Waals surface area contributed by atoms with E-state index >= 15 is 0 Å². The summed E-state index contributed by atoms with van der Waals surface area (Å²) in [5.74, 6) is 0.634. The number of fused-ring (bicyclic) bond motifs is 2. The van der Waals surface area contributed by atoms with Crippen LogP contribution in [0.2, 0.25) is 0 Å². The SMILES string of the molecule is O=C1CSc2ccc(S(=O)O)cc2N1.O=C1CSc2ccc(S(=O)O)cc2N1.[Zn]. The number of carbonyl (C=O) groups is 2. The van der Waals surface area contributed by atoms with Gasteiger partial charge in [-0.15, -0.1) is 23.5 Å². The normalized spacial score (nSPS) is 16.5. The molecule has 0 aromatic heterocycles. The van der Waals surface area contributed by atoms with E-state index in [1.807, 2.05) is 0 Å². The maximum Gasteiger partial charge on any atom is 0.234 e. The van der Waals surface area contributed by atoms with Gasteiger partial charge in [0, 0.05) is 29.3 Å². The van der Waals surface area contributed by atoms with E-state index in [0.29, 0.717) is 32.7 Å². The summed E-state index contributed by atoms with van der Waals surface area (Å²) in [6.45, 7) is 0. The summed E-state index contributed by atoms with van der Waals surface area (Å²) < 4.78 is 39.2. The van der Waals surface area contributed by atoms with Gasteiger partial charge in [-0.1, -0.05) is 0 Å². The fourth-order valence-electron chi connectivity index (χ4n) is 2.34. The van der Waals surface area contributed by atoms with Crippen LogP contribution >= 0.6 is 23.5 Å². The van der Waals surface area contributed by atoms with Crippen LogP contribution in [0.1, 0.15) is 0 Å². The van der Waals surface area contributed by atoms with Crippen molar-refractivity contribution >= 4 is 68.9 Å². The van der Waals surface area contributed by atoms with E-state index in [2.05, 4.69) is 10.6 Å². The van der Waals surface area contributed by atoms with Gasteiger partial charge in [-0.25, -0.2) is 8.42 Å². The zero-order valence-electron chi connectivity index (χ0n) is 14.7. The summed E-state index contributed by atoms with van der Waals surface area (Å²) in [6, 6.07) is 9.69. The van der Waals surface area contributed by atoms with Gasteiger partial charge in [0.2, 0.25) is 11.8 Å². The molecule has 2 aliphatic rings. The Bertz CT molecular complexity index is 924. The smallest absolute Gasteiger partial charge is 0.234 e. The number of carbonyl (C=O) groups excluding carboxylic acids is 2. The van der Waals surface area contributed by atoms with Gasteiger partial charge in [-0.3, -0.25) is 9.59 Å². The molecule has 2 aliphatic heterocycles. The molecule has 0 saturated heterocycles. The van der Waals surface area contributed by atoms with E-state index in [1.54, 1.807) is 24.3 Å². The Balaban J connectivity index is 0.000000200.